The summed E-state index contributed by atoms with van der Waals surface area (Å²) < 4.78 is 19.4. The van der Waals surface area contributed by atoms with Gasteiger partial charge in [0.25, 0.3) is 0 Å². The van der Waals surface area contributed by atoms with Crippen LogP contribution < -0.4 is 14.2 Å². The van der Waals surface area contributed by atoms with Crippen molar-refractivity contribution in [2.24, 2.45) is 0 Å². The Morgan fingerprint density at radius 2 is 1.73 bits per heavy atom. The molecule has 1 aliphatic rings. The number of hydrogen-bond donors (Lipinski definition) is 0. The van der Waals surface area contributed by atoms with Crippen LogP contribution in [-0.4, -0.2) is 38.8 Å². The van der Waals surface area contributed by atoms with Crippen LogP contribution in [0.3, 0.4) is 0 Å². The van der Waals surface area contributed by atoms with Crippen LogP contribution in [0.25, 0.3) is 27.8 Å². The smallest absolute Gasteiger partial charge is 0.228 e. The van der Waals surface area contributed by atoms with E-state index in [2.05, 4.69) is 34.2 Å². The standard InChI is InChI=1S/C29H21N5O3/c1-35-22-10-8-19(15-23(22)36-2)24-21-9-7-17-5-3-4-6-20(17)26(21)37-29-25(24)28-32-27(33-34(28)16-31-29)18-11-13-30-14-12-18/h3-16,24H,1-2H3/t24-/m1/s1. The fraction of sp³-hybridized carbons (Fsp3) is 0.103. The second kappa shape index (κ2) is 8.30. The van der Waals surface area contributed by atoms with E-state index >= 15 is 0 Å². The molecule has 6 aromatic rings. The zero-order valence-corrected chi connectivity index (χ0v) is 20.1. The molecule has 0 unspecified atom stereocenters. The molecule has 1 aliphatic heterocycles. The molecule has 4 heterocycles. The van der Waals surface area contributed by atoms with Gasteiger partial charge in [-0.15, -0.1) is 5.10 Å². The molecule has 3 aromatic heterocycles. The van der Waals surface area contributed by atoms with E-state index in [-0.39, 0.29) is 5.92 Å². The van der Waals surface area contributed by atoms with Crippen LogP contribution in [0.1, 0.15) is 22.6 Å². The van der Waals surface area contributed by atoms with E-state index < -0.39 is 0 Å². The SMILES string of the molecule is COc1ccc([C@@H]2c3ccc4ccccc4c3Oc3ncn4nc(-c5ccncc5)nc4c32)cc1OC. The first-order valence-electron chi connectivity index (χ1n) is 11.8. The third-order valence-electron chi connectivity index (χ3n) is 6.77. The molecule has 0 bridgehead atoms. The molecular weight excluding hydrogens is 466 g/mol. The second-order valence-electron chi connectivity index (χ2n) is 8.76. The van der Waals surface area contributed by atoms with Crippen molar-refractivity contribution in [1.82, 2.24) is 24.6 Å². The van der Waals surface area contributed by atoms with Crippen LogP contribution >= 0.6 is 0 Å². The van der Waals surface area contributed by atoms with Gasteiger partial charge in [-0.3, -0.25) is 4.98 Å². The molecule has 0 N–H and O–H groups in total. The molecule has 0 saturated heterocycles. The van der Waals surface area contributed by atoms with Gasteiger partial charge in [0.2, 0.25) is 5.88 Å². The van der Waals surface area contributed by atoms with Gasteiger partial charge in [0, 0.05) is 34.8 Å². The Balaban J connectivity index is 1.52. The Hall–Kier alpha value is -4.98. The summed E-state index contributed by atoms with van der Waals surface area (Å²) in [5.74, 6) is 2.97. The highest BCUT2D eigenvalue weighted by Crippen LogP contribution is 2.51. The van der Waals surface area contributed by atoms with E-state index in [1.165, 1.54) is 0 Å². The topological polar surface area (TPSA) is 83.7 Å². The predicted molar refractivity (Wildman–Crippen MR) is 139 cm³/mol. The third-order valence-corrected chi connectivity index (χ3v) is 6.77. The number of nitrogens with zero attached hydrogens (tertiary/aromatic N) is 5. The minimum Gasteiger partial charge on any atom is -0.493 e. The lowest BCUT2D eigenvalue weighted by atomic mass is 9.82. The lowest BCUT2D eigenvalue weighted by Gasteiger charge is -2.29. The van der Waals surface area contributed by atoms with Crippen molar-refractivity contribution in [3.63, 3.8) is 0 Å². The number of ether oxygens (including phenoxy) is 3. The normalized spacial score (nSPS) is 14.2. The van der Waals surface area contributed by atoms with Crippen molar-refractivity contribution in [2.75, 3.05) is 14.2 Å². The van der Waals surface area contributed by atoms with E-state index in [0.29, 0.717) is 28.9 Å². The van der Waals surface area contributed by atoms with Crippen molar-refractivity contribution in [3.8, 4) is 34.5 Å². The maximum atomic E-state index is 6.51. The second-order valence-corrected chi connectivity index (χ2v) is 8.76. The van der Waals surface area contributed by atoms with Crippen LogP contribution in [0.2, 0.25) is 0 Å². The van der Waals surface area contributed by atoms with Crippen molar-refractivity contribution < 1.29 is 14.2 Å². The highest BCUT2D eigenvalue weighted by atomic mass is 16.5. The molecule has 180 valence electrons. The number of rotatable bonds is 4. The van der Waals surface area contributed by atoms with Gasteiger partial charge in [0.15, 0.2) is 23.0 Å². The summed E-state index contributed by atoms with van der Waals surface area (Å²) in [7, 11) is 3.27. The first-order valence-corrected chi connectivity index (χ1v) is 11.8. The molecule has 0 saturated carbocycles. The highest BCUT2D eigenvalue weighted by molar-refractivity contribution is 5.91. The molecule has 0 radical (unpaired) electrons. The zero-order chi connectivity index (χ0) is 24.9. The number of hydrogen-bond acceptors (Lipinski definition) is 7. The highest BCUT2D eigenvalue weighted by Gasteiger charge is 2.34. The third kappa shape index (κ3) is 3.30. The monoisotopic (exact) mass is 487 g/mol. The van der Waals surface area contributed by atoms with Gasteiger partial charge in [-0.05, 0) is 35.2 Å². The fourth-order valence-electron chi connectivity index (χ4n) is 5.05. The molecule has 3 aromatic carbocycles. The van der Waals surface area contributed by atoms with Gasteiger partial charge in [-0.1, -0.05) is 42.5 Å². The Morgan fingerprint density at radius 3 is 2.57 bits per heavy atom. The van der Waals surface area contributed by atoms with E-state index in [1.807, 2.05) is 42.5 Å². The summed E-state index contributed by atoms with van der Waals surface area (Å²) in [6, 6.07) is 22.2. The number of methoxy groups -OCH3 is 2. The Bertz CT molecular complexity index is 1800. The Kier molecular flexibility index (Phi) is 4.78. The molecule has 7 rings (SSSR count). The van der Waals surface area contributed by atoms with Crippen molar-refractivity contribution in [3.05, 3.63) is 102 Å². The van der Waals surface area contributed by atoms with Gasteiger partial charge in [-0.2, -0.15) is 0 Å². The first kappa shape index (κ1) is 21.3. The van der Waals surface area contributed by atoms with Crippen LogP contribution in [-0.2, 0) is 0 Å². The molecular formula is C29H21N5O3. The van der Waals surface area contributed by atoms with Gasteiger partial charge < -0.3 is 14.2 Å². The molecule has 0 amide bonds. The van der Waals surface area contributed by atoms with E-state index in [0.717, 1.165) is 38.8 Å². The minimum absolute atomic E-state index is 0.228. The number of pyridine rings is 1. The summed E-state index contributed by atoms with van der Waals surface area (Å²) in [5, 5.41) is 6.82. The first-order chi connectivity index (χ1) is 18.2. The Morgan fingerprint density at radius 1 is 0.892 bits per heavy atom. The Labute approximate surface area is 212 Å². The van der Waals surface area contributed by atoms with Crippen LogP contribution in [0.15, 0.2) is 85.5 Å². The average Bonchev–Trinajstić information content (AvgIpc) is 3.41. The van der Waals surface area contributed by atoms with Crippen LogP contribution in [0.5, 0.6) is 23.1 Å². The lowest BCUT2D eigenvalue weighted by molar-refractivity contribution is 0.354. The van der Waals surface area contributed by atoms with Crippen LogP contribution in [0.4, 0.5) is 0 Å². The van der Waals surface area contributed by atoms with E-state index in [9.17, 15) is 0 Å². The summed E-state index contributed by atoms with van der Waals surface area (Å²) in [4.78, 5) is 13.7. The quantitative estimate of drug-likeness (QED) is 0.318. The minimum atomic E-state index is -0.228. The molecule has 0 aliphatic carbocycles. The van der Waals surface area contributed by atoms with Crippen molar-refractivity contribution >= 4 is 16.4 Å². The molecule has 8 heteroatoms. The maximum Gasteiger partial charge on any atom is 0.228 e. The molecule has 8 nitrogen and oxygen atoms in total. The largest absolute Gasteiger partial charge is 0.493 e. The lowest BCUT2D eigenvalue weighted by Crippen LogP contribution is -2.15. The predicted octanol–water partition coefficient (Wildman–Crippen LogP) is 5.64. The van der Waals surface area contributed by atoms with Gasteiger partial charge >= 0.3 is 0 Å². The van der Waals surface area contributed by atoms with Gasteiger partial charge in [-0.25, -0.2) is 14.5 Å². The average molecular weight is 488 g/mol. The van der Waals surface area contributed by atoms with E-state index in [1.54, 1.807) is 37.5 Å². The van der Waals surface area contributed by atoms with Crippen molar-refractivity contribution in [1.29, 1.82) is 0 Å². The molecule has 1 atom stereocenters. The van der Waals surface area contributed by atoms with Gasteiger partial charge in [0.1, 0.15) is 12.1 Å². The fourth-order valence-corrected chi connectivity index (χ4v) is 5.05. The van der Waals surface area contributed by atoms with Crippen LogP contribution in [0, 0.1) is 0 Å². The van der Waals surface area contributed by atoms with E-state index in [4.69, 9.17) is 24.3 Å². The molecule has 0 fully saturated rings. The molecule has 37 heavy (non-hydrogen) atoms. The van der Waals surface area contributed by atoms with Crippen molar-refractivity contribution in [2.45, 2.75) is 5.92 Å². The number of fused-ring (bicyclic) bond motifs is 6. The summed E-state index contributed by atoms with van der Waals surface area (Å²) in [6.07, 6.45) is 5.10. The summed E-state index contributed by atoms with van der Waals surface area (Å²) >= 11 is 0. The zero-order valence-electron chi connectivity index (χ0n) is 20.1. The molecule has 0 spiro atoms. The summed E-state index contributed by atoms with van der Waals surface area (Å²) in [6.45, 7) is 0. The number of benzene rings is 3. The number of aromatic nitrogens is 5. The summed E-state index contributed by atoms with van der Waals surface area (Å²) in [5.41, 5.74) is 4.41. The van der Waals surface area contributed by atoms with Gasteiger partial charge in [0.05, 0.1) is 19.8 Å². The maximum absolute atomic E-state index is 6.51.